The molecule has 4 rings (SSSR count). The fourth-order valence-corrected chi connectivity index (χ4v) is 4.07. The number of amides is 1. The van der Waals surface area contributed by atoms with Crippen molar-refractivity contribution in [1.29, 1.82) is 0 Å². The molecule has 7 heteroatoms. The van der Waals surface area contributed by atoms with E-state index in [1.807, 2.05) is 11.8 Å². The van der Waals surface area contributed by atoms with Crippen LogP contribution in [0.5, 0.6) is 0 Å². The lowest BCUT2D eigenvalue weighted by Gasteiger charge is -2.37. The van der Waals surface area contributed by atoms with E-state index in [0.29, 0.717) is 56.5 Å². The topological polar surface area (TPSA) is 76.6 Å². The minimum atomic E-state index is -0.494. The number of hydrogen-bond donors (Lipinski definition) is 1. The molecule has 1 amide bonds. The smallest absolute Gasteiger partial charge is 0.272 e. The lowest BCUT2D eigenvalue weighted by atomic mass is 10.0. The Kier molecular flexibility index (Phi) is 5.52. The molecule has 29 heavy (non-hydrogen) atoms. The number of ether oxygens (including phenoxy) is 2. The van der Waals surface area contributed by atoms with Crippen LogP contribution in [0.25, 0.3) is 0 Å². The van der Waals surface area contributed by atoms with Crippen LogP contribution < -0.4 is 5.32 Å². The first-order chi connectivity index (χ1) is 14.0. The van der Waals surface area contributed by atoms with Crippen LogP contribution in [0.4, 0.5) is 11.5 Å². The lowest BCUT2D eigenvalue weighted by Crippen LogP contribution is -2.47. The van der Waals surface area contributed by atoms with Crippen molar-refractivity contribution in [2.24, 2.45) is 0 Å². The molecule has 0 bridgehead atoms. The van der Waals surface area contributed by atoms with E-state index in [-0.39, 0.29) is 5.91 Å². The van der Waals surface area contributed by atoms with Crippen molar-refractivity contribution < 1.29 is 14.3 Å². The van der Waals surface area contributed by atoms with E-state index in [1.54, 1.807) is 6.07 Å². The predicted molar refractivity (Wildman–Crippen MR) is 110 cm³/mol. The van der Waals surface area contributed by atoms with Crippen LogP contribution in [0.15, 0.2) is 24.3 Å². The normalized spacial score (nSPS) is 18.2. The maximum atomic E-state index is 13.1. The Labute approximate surface area is 171 Å². The zero-order chi connectivity index (χ0) is 20.4. The van der Waals surface area contributed by atoms with E-state index in [2.05, 4.69) is 47.3 Å². The first-order valence-electron chi connectivity index (χ1n) is 10.3. The van der Waals surface area contributed by atoms with Gasteiger partial charge in [0.25, 0.3) is 5.91 Å². The molecule has 2 fully saturated rings. The van der Waals surface area contributed by atoms with Crippen molar-refractivity contribution in [3.8, 4) is 0 Å². The van der Waals surface area contributed by atoms with Crippen LogP contribution in [0.2, 0.25) is 0 Å². The average molecular weight is 396 g/mol. The van der Waals surface area contributed by atoms with Gasteiger partial charge in [-0.25, -0.2) is 9.97 Å². The first kappa shape index (κ1) is 19.8. The second kappa shape index (κ2) is 8.08. The summed E-state index contributed by atoms with van der Waals surface area (Å²) in [5, 5.41) is 3.41. The second-order valence-electron chi connectivity index (χ2n) is 7.67. The molecule has 2 aromatic rings. The van der Waals surface area contributed by atoms with Crippen LogP contribution in [0.1, 0.15) is 47.2 Å². The van der Waals surface area contributed by atoms with Crippen molar-refractivity contribution in [2.45, 2.75) is 45.8 Å². The highest BCUT2D eigenvalue weighted by atomic mass is 16.7. The molecule has 154 valence electrons. The number of piperidine rings is 1. The van der Waals surface area contributed by atoms with E-state index in [1.165, 1.54) is 5.56 Å². The van der Waals surface area contributed by atoms with Gasteiger partial charge in [-0.1, -0.05) is 25.1 Å². The minimum Gasteiger partial charge on any atom is -0.347 e. The molecule has 0 atom stereocenters. The van der Waals surface area contributed by atoms with Gasteiger partial charge >= 0.3 is 0 Å². The third-order valence-corrected chi connectivity index (χ3v) is 5.68. The highest BCUT2D eigenvalue weighted by Gasteiger charge is 2.41. The summed E-state index contributed by atoms with van der Waals surface area (Å²) in [6, 6.07) is 7.97. The number of carbonyl (C=O) groups excluding carboxylic acids is 1. The molecule has 0 aliphatic carbocycles. The summed E-state index contributed by atoms with van der Waals surface area (Å²) < 4.78 is 11.5. The van der Waals surface area contributed by atoms with Crippen molar-refractivity contribution >= 4 is 17.4 Å². The summed E-state index contributed by atoms with van der Waals surface area (Å²) in [7, 11) is 0. The molecule has 1 spiro atoms. The molecule has 2 aliphatic rings. The van der Waals surface area contributed by atoms with Crippen LogP contribution >= 0.6 is 0 Å². The molecule has 1 aromatic carbocycles. The molecule has 2 aliphatic heterocycles. The number of hydrogen-bond acceptors (Lipinski definition) is 6. The molecule has 0 saturated carbocycles. The highest BCUT2D eigenvalue weighted by Crippen LogP contribution is 2.32. The molecular formula is C22H28N4O3. The summed E-state index contributed by atoms with van der Waals surface area (Å²) >= 11 is 0. The highest BCUT2D eigenvalue weighted by molar-refractivity contribution is 5.93. The van der Waals surface area contributed by atoms with Crippen LogP contribution in [-0.2, 0) is 15.9 Å². The Hall–Kier alpha value is -2.51. The summed E-state index contributed by atoms with van der Waals surface area (Å²) in [5.41, 5.74) is 3.82. The number of benzene rings is 1. The van der Waals surface area contributed by atoms with Gasteiger partial charge in [0, 0.05) is 37.7 Å². The van der Waals surface area contributed by atoms with Gasteiger partial charge in [-0.05, 0) is 31.4 Å². The van der Waals surface area contributed by atoms with Crippen molar-refractivity contribution in [2.75, 3.05) is 31.6 Å². The number of para-hydroxylation sites is 1. The van der Waals surface area contributed by atoms with E-state index < -0.39 is 5.79 Å². The number of aromatic nitrogens is 2. The van der Waals surface area contributed by atoms with Crippen molar-refractivity contribution in [1.82, 2.24) is 14.9 Å². The number of likely N-dealkylation sites (tertiary alicyclic amines) is 1. The third-order valence-electron chi connectivity index (χ3n) is 5.68. The number of anilines is 2. The van der Waals surface area contributed by atoms with E-state index >= 15 is 0 Å². The molecule has 7 nitrogen and oxygen atoms in total. The van der Waals surface area contributed by atoms with E-state index in [0.717, 1.165) is 17.7 Å². The minimum absolute atomic E-state index is 0.0769. The molecule has 0 unspecified atom stereocenters. The Morgan fingerprint density at radius 2 is 1.90 bits per heavy atom. The van der Waals surface area contributed by atoms with E-state index in [9.17, 15) is 4.79 Å². The van der Waals surface area contributed by atoms with Crippen LogP contribution in [0, 0.1) is 13.8 Å². The molecule has 0 radical (unpaired) electrons. The molecule has 3 heterocycles. The second-order valence-corrected chi connectivity index (χ2v) is 7.67. The number of carbonyl (C=O) groups is 1. The van der Waals surface area contributed by atoms with Gasteiger partial charge < -0.3 is 19.7 Å². The largest absolute Gasteiger partial charge is 0.347 e. The molecular weight excluding hydrogens is 368 g/mol. The van der Waals surface area contributed by atoms with Gasteiger partial charge in [0.15, 0.2) is 5.79 Å². The number of nitrogens with zero attached hydrogens (tertiary/aromatic N) is 3. The maximum absolute atomic E-state index is 13.1. The first-order valence-corrected chi connectivity index (χ1v) is 10.3. The predicted octanol–water partition coefficient (Wildman–Crippen LogP) is 3.38. The van der Waals surface area contributed by atoms with Crippen LogP contribution in [-0.4, -0.2) is 52.9 Å². The van der Waals surface area contributed by atoms with Crippen molar-refractivity contribution in [3.63, 3.8) is 0 Å². The van der Waals surface area contributed by atoms with Gasteiger partial charge in [0.1, 0.15) is 17.3 Å². The molecule has 2 saturated heterocycles. The third kappa shape index (κ3) is 4.11. The fourth-order valence-electron chi connectivity index (χ4n) is 4.07. The number of aryl methyl sites for hydroxylation is 3. The summed E-state index contributed by atoms with van der Waals surface area (Å²) in [6.07, 6.45) is 2.30. The monoisotopic (exact) mass is 396 g/mol. The summed E-state index contributed by atoms with van der Waals surface area (Å²) in [6.45, 7) is 8.47. The molecule has 1 aromatic heterocycles. The Morgan fingerprint density at radius 3 is 2.59 bits per heavy atom. The van der Waals surface area contributed by atoms with Crippen LogP contribution in [0.3, 0.4) is 0 Å². The van der Waals surface area contributed by atoms with Gasteiger partial charge in [0.05, 0.1) is 13.2 Å². The summed E-state index contributed by atoms with van der Waals surface area (Å²) in [5.74, 6) is 0.639. The van der Waals surface area contributed by atoms with Crippen molar-refractivity contribution in [3.05, 3.63) is 46.9 Å². The maximum Gasteiger partial charge on any atom is 0.272 e. The average Bonchev–Trinajstić information content (AvgIpc) is 3.17. The standard InChI is InChI=1S/C22H28N4O3/c1-4-17-7-5-6-15(2)20(17)25-19-14-18(23-16(3)24-19)21(27)26-10-8-22(9-11-26)28-12-13-29-22/h5-7,14H,4,8-13H2,1-3H3,(H,23,24,25). The quantitative estimate of drug-likeness (QED) is 0.854. The van der Waals surface area contributed by atoms with Gasteiger partial charge in [-0.15, -0.1) is 0 Å². The number of rotatable bonds is 4. The number of nitrogens with one attached hydrogen (secondary N) is 1. The zero-order valence-corrected chi connectivity index (χ0v) is 17.3. The van der Waals surface area contributed by atoms with Gasteiger partial charge in [-0.2, -0.15) is 0 Å². The Bertz CT molecular complexity index is 899. The fraction of sp³-hybridized carbons (Fsp3) is 0.500. The van der Waals surface area contributed by atoms with E-state index in [4.69, 9.17) is 9.47 Å². The lowest BCUT2D eigenvalue weighted by molar-refractivity contribution is -0.181. The summed E-state index contributed by atoms with van der Waals surface area (Å²) in [4.78, 5) is 23.8. The molecule has 1 N–H and O–H groups in total. The van der Waals surface area contributed by atoms with Gasteiger partial charge in [-0.3, -0.25) is 4.79 Å². The Morgan fingerprint density at radius 1 is 1.17 bits per heavy atom. The van der Waals surface area contributed by atoms with Gasteiger partial charge in [0.2, 0.25) is 0 Å². The zero-order valence-electron chi connectivity index (χ0n) is 17.3. The Balaban J connectivity index is 1.52. The SMILES string of the molecule is CCc1cccc(C)c1Nc1cc(C(=O)N2CCC3(CC2)OCCO3)nc(C)n1.